The van der Waals surface area contributed by atoms with E-state index in [1.807, 2.05) is 54.3 Å². The van der Waals surface area contributed by atoms with Gasteiger partial charge in [-0.3, -0.25) is 0 Å². The Morgan fingerprint density at radius 2 is 1.81 bits per heavy atom. The minimum Gasteiger partial charge on any atom is -0.495 e. The first-order valence-corrected chi connectivity index (χ1v) is 9.35. The monoisotopic (exact) mass is 389 g/mol. The molecule has 0 spiro atoms. The van der Waals surface area contributed by atoms with E-state index in [-0.39, 0.29) is 6.03 Å². The zero-order valence-corrected chi connectivity index (χ0v) is 16.3. The maximum Gasteiger partial charge on any atom is 0.321 e. The molecule has 1 N–H and O–H groups in total. The molecule has 2 amide bonds. The van der Waals surface area contributed by atoms with Gasteiger partial charge in [0.25, 0.3) is 0 Å². The number of nitrogens with zero attached hydrogens (tertiary/aromatic N) is 2. The van der Waals surface area contributed by atoms with E-state index >= 15 is 0 Å². The summed E-state index contributed by atoms with van der Waals surface area (Å²) in [7, 11) is 1.60. The van der Waals surface area contributed by atoms with Crippen molar-refractivity contribution < 1.29 is 14.3 Å². The fourth-order valence-electron chi connectivity index (χ4n) is 3.02. The number of methoxy groups -OCH3 is 1. The van der Waals surface area contributed by atoms with E-state index in [1.54, 1.807) is 7.11 Å². The number of nitrogens with one attached hydrogen (secondary N) is 1. The Morgan fingerprint density at radius 1 is 1.11 bits per heavy atom. The number of amides is 2. The van der Waals surface area contributed by atoms with Crippen molar-refractivity contribution in [1.29, 1.82) is 0 Å². The smallest absolute Gasteiger partial charge is 0.321 e. The van der Waals surface area contributed by atoms with Gasteiger partial charge in [-0.1, -0.05) is 11.6 Å². The number of anilines is 2. The average Bonchev–Trinajstić information content (AvgIpc) is 2.70. The van der Waals surface area contributed by atoms with Gasteiger partial charge in [0.2, 0.25) is 0 Å². The summed E-state index contributed by atoms with van der Waals surface area (Å²) in [6.45, 7) is 5.35. The van der Waals surface area contributed by atoms with Crippen LogP contribution in [0, 0.1) is 0 Å². The predicted octanol–water partition coefficient (Wildman–Crippen LogP) is 4.10. The number of rotatable bonds is 5. The van der Waals surface area contributed by atoms with Crippen molar-refractivity contribution in [2.75, 3.05) is 50.1 Å². The minimum atomic E-state index is -0.0911. The van der Waals surface area contributed by atoms with Crippen LogP contribution < -0.4 is 19.7 Å². The molecule has 0 unspecified atom stereocenters. The van der Waals surface area contributed by atoms with Gasteiger partial charge in [0.1, 0.15) is 11.5 Å². The highest BCUT2D eigenvalue weighted by Crippen LogP contribution is 2.29. The van der Waals surface area contributed by atoms with Crippen molar-refractivity contribution in [3.63, 3.8) is 0 Å². The highest BCUT2D eigenvalue weighted by molar-refractivity contribution is 6.32. The molecular weight excluding hydrogens is 366 g/mol. The van der Waals surface area contributed by atoms with E-state index in [4.69, 9.17) is 21.1 Å². The Kier molecular flexibility index (Phi) is 6.29. The van der Waals surface area contributed by atoms with Crippen LogP contribution in [0.1, 0.15) is 6.92 Å². The second kappa shape index (κ2) is 8.86. The Labute approximate surface area is 164 Å². The summed E-state index contributed by atoms with van der Waals surface area (Å²) in [5.41, 5.74) is 1.79. The Balaban J connectivity index is 1.53. The molecule has 0 aliphatic carbocycles. The highest BCUT2D eigenvalue weighted by Gasteiger charge is 2.22. The standard InChI is InChI=1S/C20H24ClN3O3/c1-3-27-17-7-4-15(5-8-17)22-20(25)24-12-10-23(11-13-24)16-6-9-19(26-2)18(21)14-16/h4-9,14H,3,10-13H2,1-2H3,(H,22,25). The summed E-state index contributed by atoms with van der Waals surface area (Å²) in [4.78, 5) is 16.5. The van der Waals surface area contributed by atoms with Crippen LogP contribution in [0.3, 0.4) is 0 Å². The summed E-state index contributed by atoms with van der Waals surface area (Å²) >= 11 is 6.21. The van der Waals surface area contributed by atoms with E-state index in [0.29, 0.717) is 30.5 Å². The molecule has 1 aliphatic rings. The van der Waals surface area contributed by atoms with Crippen molar-refractivity contribution in [3.8, 4) is 11.5 Å². The fraction of sp³-hybridized carbons (Fsp3) is 0.350. The Hall–Kier alpha value is -2.60. The Morgan fingerprint density at radius 3 is 2.41 bits per heavy atom. The number of hydrogen-bond acceptors (Lipinski definition) is 4. The predicted molar refractivity (Wildman–Crippen MR) is 108 cm³/mol. The molecule has 144 valence electrons. The minimum absolute atomic E-state index is 0.0911. The third kappa shape index (κ3) is 4.77. The van der Waals surface area contributed by atoms with Gasteiger partial charge in [0.05, 0.1) is 18.7 Å². The first kappa shape index (κ1) is 19.2. The van der Waals surface area contributed by atoms with E-state index in [2.05, 4.69) is 10.2 Å². The van der Waals surface area contributed by atoms with Crippen LogP contribution >= 0.6 is 11.6 Å². The van der Waals surface area contributed by atoms with Gasteiger partial charge in [-0.2, -0.15) is 0 Å². The van der Waals surface area contributed by atoms with Crippen molar-refractivity contribution in [2.24, 2.45) is 0 Å². The van der Waals surface area contributed by atoms with Crippen molar-refractivity contribution >= 4 is 29.0 Å². The maximum atomic E-state index is 12.5. The molecule has 0 aromatic heterocycles. The van der Waals surface area contributed by atoms with Crippen LogP contribution in [-0.4, -0.2) is 50.8 Å². The quantitative estimate of drug-likeness (QED) is 0.836. The molecule has 0 atom stereocenters. The molecule has 1 aliphatic heterocycles. The van der Waals surface area contributed by atoms with Crippen molar-refractivity contribution in [3.05, 3.63) is 47.5 Å². The maximum absolute atomic E-state index is 12.5. The second-order valence-corrected chi connectivity index (χ2v) is 6.59. The van der Waals surface area contributed by atoms with Gasteiger partial charge in [0.15, 0.2) is 0 Å². The first-order valence-electron chi connectivity index (χ1n) is 8.98. The van der Waals surface area contributed by atoms with Crippen LogP contribution in [-0.2, 0) is 0 Å². The molecule has 27 heavy (non-hydrogen) atoms. The number of carbonyl (C=O) groups is 1. The van der Waals surface area contributed by atoms with Crippen molar-refractivity contribution in [1.82, 2.24) is 4.90 Å². The second-order valence-electron chi connectivity index (χ2n) is 6.18. The average molecular weight is 390 g/mol. The number of carbonyl (C=O) groups excluding carboxylic acids is 1. The summed E-state index contributed by atoms with van der Waals surface area (Å²) in [6.07, 6.45) is 0. The lowest BCUT2D eigenvalue weighted by atomic mass is 10.2. The lowest BCUT2D eigenvalue weighted by Gasteiger charge is -2.36. The van der Waals surface area contributed by atoms with Gasteiger partial charge >= 0.3 is 6.03 Å². The molecule has 3 rings (SSSR count). The van der Waals surface area contributed by atoms with E-state index in [0.717, 1.165) is 30.2 Å². The SMILES string of the molecule is CCOc1ccc(NC(=O)N2CCN(c3ccc(OC)c(Cl)c3)CC2)cc1. The van der Waals surface area contributed by atoms with Crippen LogP contribution in [0.2, 0.25) is 5.02 Å². The normalized spacial score (nSPS) is 14.0. The van der Waals surface area contributed by atoms with Crippen molar-refractivity contribution in [2.45, 2.75) is 6.92 Å². The van der Waals surface area contributed by atoms with Gasteiger partial charge in [-0.05, 0) is 49.4 Å². The van der Waals surface area contributed by atoms with E-state index in [1.165, 1.54) is 0 Å². The third-order valence-corrected chi connectivity index (χ3v) is 4.78. The van der Waals surface area contributed by atoms with Crippen LogP contribution in [0.15, 0.2) is 42.5 Å². The molecule has 2 aromatic carbocycles. The molecular formula is C20H24ClN3O3. The summed E-state index contributed by atoms with van der Waals surface area (Å²) in [6, 6.07) is 13.1. The van der Waals surface area contributed by atoms with Gasteiger partial charge in [-0.25, -0.2) is 4.79 Å². The molecule has 1 fully saturated rings. The number of ether oxygens (including phenoxy) is 2. The van der Waals surface area contributed by atoms with Gasteiger partial charge in [0, 0.05) is 37.6 Å². The molecule has 0 radical (unpaired) electrons. The molecule has 0 bridgehead atoms. The molecule has 1 heterocycles. The number of halogens is 1. The largest absolute Gasteiger partial charge is 0.495 e. The summed E-state index contributed by atoms with van der Waals surface area (Å²) in [5.74, 6) is 1.45. The highest BCUT2D eigenvalue weighted by atomic mass is 35.5. The van der Waals surface area contributed by atoms with Crippen LogP contribution in [0.5, 0.6) is 11.5 Å². The molecule has 1 saturated heterocycles. The number of urea groups is 1. The molecule has 2 aromatic rings. The molecule has 7 heteroatoms. The fourth-order valence-corrected chi connectivity index (χ4v) is 3.28. The zero-order chi connectivity index (χ0) is 19.2. The topological polar surface area (TPSA) is 54.0 Å². The first-order chi connectivity index (χ1) is 13.1. The number of piperazine rings is 1. The lowest BCUT2D eigenvalue weighted by molar-refractivity contribution is 0.208. The number of benzene rings is 2. The van der Waals surface area contributed by atoms with Crippen LogP contribution in [0.4, 0.5) is 16.2 Å². The zero-order valence-electron chi connectivity index (χ0n) is 15.6. The van der Waals surface area contributed by atoms with Gasteiger partial charge in [-0.15, -0.1) is 0 Å². The van der Waals surface area contributed by atoms with Crippen LogP contribution in [0.25, 0.3) is 0 Å². The summed E-state index contributed by atoms with van der Waals surface area (Å²) in [5, 5.41) is 3.52. The lowest BCUT2D eigenvalue weighted by Crippen LogP contribution is -2.50. The Bertz CT molecular complexity index is 775. The molecule has 6 nitrogen and oxygen atoms in total. The number of hydrogen-bond donors (Lipinski definition) is 1. The van der Waals surface area contributed by atoms with Gasteiger partial charge < -0.3 is 24.6 Å². The summed E-state index contributed by atoms with van der Waals surface area (Å²) < 4.78 is 10.6. The molecule has 0 saturated carbocycles. The van der Waals surface area contributed by atoms with E-state index in [9.17, 15) is 4.79 Å². The third-order valence-electron chi connectivity index (χ3n) is 4.48. The van der Waals surface area contributed by atoms with E-state index < -0.39 is 0 Å².